The maximum Gasteiger partial charge on any atom is 0.0339 e. The minimum absolute atomic E-state index is 0.300. The van der Waals surface area contributed by atoms with Gasteiger partial charge in [-0.25, -0.2) is 0 Å². The topological polar surface area (TPSA) is 12.4 Å². The van der Waals surface area contributed by atoms with E-state index < -0.39 is 0 Å². The van der Waals surface area contributed by atoms with Crippen molar-refractivity contribution in [3.8, 4) is 0 Å². The van der Waals surface area contributed by atoms with Gasteiger partial charge in [-0.2, -0.15) is 12.6 Å². The minimum atomic E-state index is 0.300. The number of thiol groups is 1. The Bertz CT molecular complexity index is 136. The molecule has 1 nitrogen and oxygen atoms in total. The molecule has 1 unspecified atom stereocenters. The molecule has 1 atom stereocenters. The van der Waals surface area contributed by atoms with E-state index >= 15 is 0 Å². The second-order valence-electron chi connectivity index (χ2n) is 2.27. The van der Waals surface area contributed by atoms with E-state index in [2.05, 4.69) is 24.5 Å². The van der Waals surface area contributed by atoms with Crippen LogP contribution in [0.25, 0.3) is 0 Å². The normalized spacial score (nSPS) is 16.2. The van der Waals surface area contributed by atoms with E-state index in [1.165, 1.54) is 0 Å². The van der Waals surface area contributed by atoms with Gasteiger partial charge in [0.2, 0.25) is 0 Å². The van der Waals surface area contributed by atoms with Crippen molar-refractivity contribution in [3.05, 3.63) is 11.8 Å². The summed E-state index contributed by atoms with van der Waals surface area (Å²) in [5.74, 6) is 0. The molecule has 0 aromatic heterocycles. The molecule has 0 rings (SSSR count). The second-order valence-corrected chi connectivity index (χ2v) is 3.08. The Morgan fingerprint density at radius 1 is 1.70 bits per heavy atom. The third kappa shape index (κ3) is 5.89. The molecule has 0 aliphatic rings. The van der Waals surface area contributed by atoms with Gasteiger partial charge < -0.3 is 0 Å². The van der Waals surface area contributed by atoms with Crippen molar-refractivity contribution in [3.63, 3.8) is 0 Å². The highest BCUT2D eigenvalue weighted by molar-refractivity contribution is 7.81. The van der Waals surface area contributed by atoms with Crippen LogP contribution in [0.3, 0.4) is 0 Å². The number of hydrogen-bond donors (Lipinski definition) is 1. The second kappa shape index (κ2) is 5.54. The highest BCUT2D eigenvalue weighted by Crippen LogP contribution is 2.01. The molecule has 0 spiro atoms. The van der Waals surface area contributed by atoms with Crippen LogP contribution in [0.5, 0.6) is 0 Å². The van der Waals surface area contributed by atoms with Gasteiger partial charge in [-0.1, -0.05) is 13.0 Å². The number of nitrogens with zero attached hydrogens (tertiary/aromatic N) is 1. The van der Waals surface area contributed by atoms with Gasteiger partial charge in [-0.3, -0.25) is 4.99 Å². The van der Waals surface area contributed by atoms with Crippen molar-refractivity contribution >= 4 is 18.8 Å². The van der Waals surface area contributed by atoms with Crippen LogP contribution >= 0.6 is 12.6 Å². The third-order valence-electron chi connectivity index (χ3n) is 0.960. The molecule has 0 saturated carbocycles. The molecule has 0 aromatic rings. The van der Waals surface area contributed by atoms with Gasteiger partial charge in [0.1, 0.15) is 0 Å². The molecule has 2 heteroatoms. The van der Waals surface area contributed by atoms with Crippen molar-refractivity contribution in [1.29, 1.82) is 0 Å². The van der Waals surface area contributed by atoms with Crippen LogP contribution in [-0.2, 0) is 0 Å². The molecule has 10 heavy (non-hydrogen) atoms. The zero-order valence-corrected chi connectivity index (χ0v) is 7.73. The largest absolute Gasteiger partial charge is 0.266 e. The standard InChI is InChI=1S/C8H15NS/c1-4-5-9-7(2)6-8(3)10/h5-6,8,10H,4H2,1-3H3/b7-6-,9-5?. The van der Waals surface area contributed by atoms with Crippen LogP contribution in [0.4, 0.5) is 0 Å². The van der Waals surface area contributed by atoms with Crippen LogP contribution in [-0.4, -0.2) is 11.5 Å². The molecule has 0 amide bonds. The monoisotopic (exact) mass is 157 g/mol. The van der Waals surface area contributed by atoms with Gasteiger partial charge >= 0.3 is 0 Å². The molecular weight excluding hydrogens is 142 g/mol. The van der Waals surface area contributed by atoms with E-state index in [4.69, 9.17) is 0 Å². The van der Waals surface area contributed by atoms with Gasteiger partial charge in [0.25, 0.3) is 0 Å². The summed E-state index contributed by atoms with van der Waals surface area (Å²) in [6.07, 6.45) is 4.92. The van der Waals surface area contributed by atoms with Crippen molar-refractivity contribution < 1.29 is 0 Å². The van der Waals surface area contributed by atoms with Crippen molar-refractivity contribution in [2.24, 2.45) is 4.99 Å². The first-order valence-corrected chi connectivity index (χ1v) is 4.07. The average molecular weight is 157 g/mol. The Labute approximate surface area is 68.7 Å². The summed E-state index contributed by atoms with van der Waals surface area (Å²) in [4.78, 5) is 4.17. The lowest BCUT2D eigenvalue weighted by atomic mass is 10.3. The molecule has 0 fully saturated rings. The van der Waals surface area contributed by atoms with Crippen LogP contribution in [0.15, 0.2) is 16.8 Å². The predicted octanol–water partition coefficient (Wildman–Crippen LogP) is 2.69. The lowest BCUT2D eigenvalue weighted by Gasteiger charge is -1.94. The molecule has 0 aromatic carbocycles. The van der Waals surface area contributed by atoms with Gasteiger partial charge in [0, 0.05) is 17.2 Å². The maximum atomic E-state index is 4.21. The van der Waals surface area contributed by atoms with Gasteiger partial charge in [-0.05, 0) is 20.3 Å². The number of rotatable bonds is 3. The molecule has 0 heterocycles. The highest BCUT2D eigenvalue weighted by atomic mass is 32.1. The molecule has 58 valence electrons. The first-order valence-electron chi connectivity index (χ1n) is 3.55. The number of allylic oxidation sites excluding steroid dienone is 1. The molecule has 0 aliphatic heterocycles. The fraction of sp³-hybridized carbons (Fsp3) is 0.625. The molecule has 0 N–H and O–H groups in total. The summed E-state index contributed by atoms with van der Waals surface area (Å²) in [7, 11) is 0. The van der Waals surface area contributed by atoms with Crippen LogP contribution in [0.1, 0.15) is 27.2 Å². The number of hydrogen-bond acceptors (Lipinski definition) is 2. The SMILES string of the molecule is CCC=N/C(C)=C\C(C)S. The zero-order valence-electron chi connectivity index (χ0n) is 6.83. The predicted molar refractivity (Wildman–Crippen MR) is 51.0 cm³/mol. The van der Waals surface area contributed by atoms with Crippen molar-refractivity contribution in [1.82, 2.24) is 0 Å². The minimum Gasteiger partial charge on any atom is -0.266 e. The van der Waals surface area contributed by atoms with Crippen molar-refractivity contribution in [2.75, 3.05) is 0 Å². The summed E-state index contributed by atoms with van der Waals surface area (Å²) in [6.45, 7) is 6.08. The number of aliphatic imine (C=N–C) groups is 1. The molecule has 0 aliphatic carbocycles. The third-order valence-corrected chi connectivity index (χ3v) is 1.11. The van der Waals surface area contributed by atoms with E-state index in [0.29, 0.717) is 5.25 Å². The van der Waals surface area contributed by atoms with Crippen LogP contribution in [0, 0.1) is 0 Å². The zero-order chi connectivity index (χ0) is 7.98. The fourth-order valence-corrected chi connectivity index (χ4v) is 0.843. The van der Waals surface area contributed by atoms with Gasteiger partial charge in [0.15, 0.2) is 0 Å². The highest BCUT2D eigenvalue weighted by Gasteiger charge is 1.87. The van der Waals surface area contributed by atoms with Crippen LogP contribution in [0.2, 0.25) is 0 Å². The van der Waals surface area contributed by atoms with E-state index in [-0.39, 0.29) is 0 Å². The first kappa shape index (κ1) is 9.76. The average Bonchev–Trinajstić information content (AvgIpc) is 1.82. The summed E-state index contributed by atoms with van der Waals surface area (Å²) in [5.41, 5.74) is 1.05. The quantitative estimate of drug-likeness (QED) is 0.478. The van der Waals surface area contributed by atoms with E-state index in [1.54, 1.807) is 0 Å². The van der Waals surface area contributed by atoms with E-state index in [0.717, 1.165) is 12.1 Å². The Kier molecular flexibility index (Phi) is 5.40. The molecule has 0 radical (unpaired) electrons. The maximum absolute atomic E-state index is 4.21. The fourth-order valence-electron chi connectivity index (χ4n) is 0.627. The first-order chi connectivity index (χ1) is 4.66. The summed E-state index contributed by atoms with van der Waals surface area (Å²) in [5, 5.41) is 0.300. The van der Waals surface area contributed by atoms with Gasteiger partial charge in [0.05, 0.1) is 0 Å². The Balaban J connectivity index is 3.82. The van der Waals surface area contributed by atoms with Gasteiger partial charge in [-0.15, -0.1) is 0 Å². The molecule has 0 bridgehead atoms. The molecule has 0 saturated heterocycles. The lowest BCUT2D eigenvalue weighted by Crippen LogP contribution is -1.84. The lowest BCUT2D eigenvalue weighted by molar-refractivity contribution is 1.17. The summed E-state index contributed by atoms with van der Waals surface area (Å²) < 4.78 is 0. The smallest absolute Gasteiger partial charge is 0.0339 e. The van der Waals surface area contributed by atoms with E-state index in [9.17, 15) is 0 Å². The summed E-state index contributed by atoms with van der Waals surface area (Å²) in [6, 6.07) is 0. The van der Waals surface area contributed by atoms with Crippen molar-refractivity contribution in [2.45, 2.75) is 32.4 Å². The Morgan fingerprint density at radius 3 is 2.70 bits per heavy atom. The Hall–Kier alpha value is -0.240. The van der Waals surface area contributed by atoms with Crippen LogP contribution < -0.4 is 0 Å². The van der Waals surface area contributed by atoms with E-state index in [1.807, 2.05) is 26.1 Å². The summed E-state index contributed by atoms with van der Waals surface area (Å²) >= 11 is 4.21. The Morgan fingerprint density at radius 2 is 2.30 bits per heavy atom. The molecular formula is C8H15NS.